The fraction of sp³-hybridized carbons (Fsp3) is 0.143. The Balaban J connectivity index is 2.15. The lowest BCUT2D eigenvalue weighted by atomic mass is 10.2. The topological polar surface area (TPSA) is 47.3 Å². The predicted molar refractivity (Wildman–Crippen MR) is 71.7 cm³/mol. The maximum absolute atomic E-state index is 5.73. The number of ether oxygens (including phenoxy) is 1. The van der Waals surface area contributed by atoms with Crippen LogP contribution in [-0.4, -0.2) is 6.61 Å². The molecule has 0 amide bonds. The van der Waals surface area contributed by atoms with E-state index in [0.29, 0.717) is 6.61 Å². The van der Waals surface area contributed by atoms with Gasteiger partial charge in [-0.15, -0.1) is 0 Å². The summed E-state index contributed by atoms with van der Waals surface area (Å²) in [6, 6.07) is 15.5. The lowest BCUT2D eigenvalue weighted by Crippen LogP contribution is -1.94. The lowest BCUT2D eigenvalue weighted by Gasteiger charge is -2.09. The van der Waals surface area contributed by atoms with Gasteiger partial charge in [-0.25, -0.2) is 0 Å². The number of nitrogens with one attached hydrogen (secondary N) is 1. The van der Waals surface area contributed by atoms with Crippen LogP contribution in [0.25, 0.3) is 0 Å². The highest BCUT2D eigenvalue weighted by atomic mass is 16.5. The third-order valence-corrected chi connectivity index (χ3v) is 2.32. The standard InChI is InChI=1S/C14H16N2O/c1-2-17-14-8-4-7-13(10-14)16-12-6-3-5-11(15)9-12/h3-10,16H,2,15H2,1H3. The summed E-state index contributed by atoms with van der Waals surface area (Å²) >= 11 is 0. The van der Waals surface area contributed by atoms with E-state index in [9.17, 15) is 0 Å². The monoisotopic (exact) mass is 228 g/mol. The summed E-state index contributed by atoms with van der Waals surface area (Å²) in [6.07, 6.45) is 0. The molecule has 0 saturated carbocycles. The summed E-state index contributed by atoms with van der Waals surface area (Å²) in [6.45, 7) is 2.64. The molecule has 0 bridgehead atoms. The minimum absolute atomic E-state index is 0.668. The molecule has 2 aromatic carbocycles. The van der Waals surface area contributed by atoms with Gasteiger partial charge in [0.05, 0.1) is 6.61 Å². The van der Waals surface area contributed by atoms with Crippen LogP contribution in [0, 0.1) is 0 Å². The Labute approximate surface area is 101 Å². The number of nitrogens with two attached hydrogens (primary N) is 1. The number of hydrogen-bond donors (Lipinski definition) is 2. The molecule has 17 heavy (non-hydrogen) atoms. The van der Waals surface area contributed by atoms with Crippen LogP contribution in [0.2, 0.25) is 0 Å². The Bertz CT molecular complexity index is 497. The molecule has 3 heteroatoms. The second kappa shape index (κ2) is 5.25. The minimum atomic E-state index is 0.668. The third-order valence-electron chi connectivity index (χ3n) is 2.32. The average Bonchev–Trinajstić information content (AvgIpc) is 2.30. The van der Waals surface area contributed by atoms with Gasteiger partial charge in [0, 0.05) is 23.1 Å². The molecule has 0 radical (unpaired) electrons. The quantitative estimate of drug-likeness (QED) is 0.788. The Morgan fingerprint density at radius 1 is 1.06 bits per heavy atom. The van der Waals surface area contributed by atoms with E-state index in [-0.39, 0.29) is 0 Å². The summed E-state index contributed by atoms with van der Waals surface area (Å²) in [5.74, 6) is 0.862. The van der Waals surface area contributed by atoms with Gasteiger partial charge in [0.25, 0.3) is 0 Å². The van der Waals surface area contributed by atoms with Gasteiger partial charge in [0.15, 0.2) is 0 Å². The zero-order valence-corrected chi connectivity index (χ0v) is 9.81. The number of benzene rings is 2. The summed E-state index contributed by atoms with van der Waals surface area (Å²) in [4.78, 5) is 0. The van der Waals surface area contributed by atoms with Gasteiger partial charge < -0.3 is 15.8 Å². The molecule has 0 unspecified atom stereocenters. The third kappa shape index (κ3) is 3.14. The molecule has 0 heterocycles. The van der Waals surface area contributed by atoms with E-state index in [1.54, 1.807) is 0 Å². The van der Waals surface area contributed by atoms with Crippen LogP contribution in [0.3, 0.4) is 0 Å². The number of nitrogen functional groups attached to an aromatic ring is 1. The van der Waals surface area contributed by atoms with Crippen molar-refractivity contribution in [3.8, 4) is 5.75 Å². The second-order valence-corrected chi connectivity index (χ2v) is 3.71. The van der Waals surface area contributed by atoms with Gasteiger partial charge in [-0.1, -0.05) is 12.1 Å². The first kappa shape index (κ1) is 11.3. The molecule has 0 aromatic heterocycles. The first-order valence-electron chi connectivity index (χ1n) is 5.63. The Morgan fingerprint density at radius 2 is 1.76 bits per heavy atom. The Kier molecular flexibility index (Phi) is 3.50. The number of anilines is 3. The molecule has 3 nitrogen and oxygen atoms in total. The van der Waals surface area contributed by atoms with Crippen molar-refractivity contribution in [3.63, 3.8) is 0 Å². The van der Waals surface area contributed by atoms with Crippen molar-refractivity contribution in [2.24, 2.45) is 0 Å². The number of rotatable bonds is 4. The molecule has 0 atom stereocenters. The summed E-state index contributed by atoms with van der Waals surface area (Å²) in [7, 11) is 0. The van der Waals surface area contributed by atoms with Crippen LogP contribution in [0.15, 0.2) is 48.5 Å². The van der Waals surface area contributed by atoms with Crippen LogP contribution in [0.4, 0.5) is 17.1 Å². The summed E-state index contributed by atoms with van der Waals surface area (Å²) in [5.41, 5.74) is 8.43. The molecular weight excluding hydrogens is 212 g/mol. The molecule has 0 fully saturated rings. The van der Waals surface area contributed by atoms with Gasteiger partial charge in [0.1, 0.15) is 5.75 Å². The van der Waals surface area contributed by atoms with E-state index in [1.807, 2.05) is 55.5 Å². The molecule has 0 spiro atoms. The van der Waals surface area contributed by atoms with E-state index in [4.69, 9.17) is 10.5 Å². The highest BCUT2D eigenvalue weighted by Gasteiger charge is 1.97. The Morgan fingerprint density at radius 3 is 2.47 bits per heavy atom. The van der Waals surface area contributed by atoms with Crippen LogP contribution in [-0.2, 0) is 0 Å². The molecule has 0 aliphatic heterocycles. The summed E-state index contributed by atoms with van der Waals surface area (Å²) in [5, 5.41) is 3.28. The Hall–Kier alpha value is -2.16. The van der Waals surface area contributed by atoms with E-state index in [0.717, 1.165) is 22.8 Å². The van der Waals surface area contributed by atoms with Crippen LogP contribution < -0.4 is 15.8 Å². The number of hydrogen-bond acceptors (Lipinski definition) is 3. The maximum Gasteiger partial charge on any atom is 0.121 e. The summed E-state index contributed by atoms with van der Waals surface area (Å²) < 4.78 is 5.44. The van der Waals surface area contributed by atoms with E-state index < -0.39 is 0 Å². The molecule has 88 valence electrons. The SMILES string of the molecule is CCOc1cccc(Nc2cccc(N)c2)c1. The highest BCUT2D eigenvalue weighted by Crippen LogP contribution is 2.22. The van der Waals surface area contributed by atoms with Crippen molar-refractivity contribution >= 4 is 17.1 Å². The van der Waals surface area contributed by atoms with Crippen LogP contribution >= 0.6 is 0 Å². The first-order chi connectivity index (χ1) is 8.28. The fourth-order valence-corrected chi connectivity index (χ4v) is 1.61. The van der Waals surface area contributed by atoms with Gasteiger partial charge in [-0.05, 0) is 37.3 Å². The molecule has 0 aliphatic rings. The average molecular weight is 228 g/mol. The highest BCUT2D eigenvalue weighted by molar-refractivity contribution is 5.64. The molecule has 2 aromatic rings. The zero-order valence-electron chi connectivity index (χ0n) is 9.81. The zero-order chi connectivity index (χ0) is 12.1. The smallest absolute Gasteiger partial charge is 0.121 e. The van der Waals surface area contributed by atoms with E-state index in [2.05, 4.69) is 5.32 Å². The largest absolute Gasteiger partial charge is 0.494 e. The van der Waals surface area contributed by atoms with Crippen molar-refractivity contribution in [1.29, 1.82) is 0 Å². The first-order valence-corrected chi connectivity index (χ1v) is 5.63. The van der Waals surface area contributed by atoms with Gasteiger partial charge in [-0.2, -0.15) is 0 Å². The van der Waals surface area contributed by atoms with E-state index >= 15 is 0 Å². The molecular formula is C14H16N2O. The second-order valence-electron chi connectivity index (χ2n) is 3.71. The van der Waals surface area contributed by atoms with E-state index in [1.165, 1.54) is 0 Å². The van der Waals surface area contributed by atoms with Crippen LogP contribution in [0.1, 0.15) is 6.92 Å². The molecule has 0 saturated heterocycles. The normalized spacial score (nSPS) is 9.94. The van der Waals surface area contributed by atoms with Gasteiger partial charge >= 0.3 is 0 Å². The van der Waals surface area contributed by atoms with Crippen molar-refractivity contribution in [2.45, 2.75) is 6.92 Å². The molecule has 2 rings (SSSR count). The van der Waals surface area contributed by atoms with Crippen molar-refractivity contribution in [2.75, 3.05) is 17.7 Å². The maximum atomic E-state index is 5.73. The lowest BCUT2D eigenvalue weighted by molar-refractivity contribution is 0.340. The van der Waals surface area contributed by atoms with Crippen molar-refractivity contribution < 1.29 is 4.74 Å². The van der Waals surface area contributed by atoms with Crippen molar-refractivity contribution in [1.82, 2.24) is 0 Å². The van der Waals surface area contributed by atoms with Gasteiger partial charge in [0.2, 0.25) is 0 Å². The molecule has 0 aliphatic carbocycles. The van der Waals surface area contributed by atoms with Crippen LogP contribution in [0.5, 0.6) is 5.75 Å². The molecule has 3 N–H and O–H groups in total. The van der Waals surface area contributed by atoms with Crippen molar-refractivity contribution in [3.05, 3.63) is 48.5 Å². The fourth-order valence-electron chi connectivity index (χ4n) is 1.61. The predicted octanol–water partition coefficient (Wildman–Crippen LogP) is 3.41. The van der Waals surface area contributed by atoms with Gasteiger partial charge in [-0.3, -0.25) is 0 Å². The minimum Gasteiger partial charge on any atom is -0.494 e.